The fourth-order valence-corrected chi connectivity index (χ4v) is 3.50. The van der Waals surface area contributed by atoms with E-state index >= 15 is 0 Å². The molecule has 3 heterocycles. The lowest BCUT2D eigenvalue weighted by Gasteiger charge is -2.33. The summed E-state index contributed by atoms with van der Waals surface area (Å²) in [6, 6.07) is 7.36. The smallest absolute Gasteiger partial charge is 0.264 e. The highest BCUT2D eigenvalue weighted by Crippen LogP contribution is 2.28. The monoisotopic (exact) mass is 345 g/mol. The van der Waals surface area contributed by atoms with Gasteiger partial charge in [-0.1, -0.05) is 12.1 Å². The predicted octanol–water partition coefficient (Wildman–Crippen LogP) is 1.38. The van der Waals surface area contributed by atoms with E-state index in [1.165, 1.54) is 11.3 Å². The Morgan fingerprint density at radius 3 is 3.00 bits per heavy atom. The molecule has 1 atom stereocenters. The number of aliphatic hydroxyl groups excluding tert-OH is 1. The summed E-state index contributed by atoms with van der Waals surface area (Å²) in [6.45, 7) is 1.21. The maximum atomic E-state index is 12.7. The quantitative estimate of drug-likeness (QED) is 0.802. The van der Waals surface area contributed by atoms with Crippen LogP contribution in [0.1, 0.15) is 33.3 Å². The van der Waals surface area contributed by atoms with Crippen LogP contribution in [0.4, 0.5) is 0 Å². The average molecular weight is 345 g/mol. The molecule has 1 aliphatic rings. The van der Waals surface area contributed by atoms with Crippen molar-refractivity contribution >= 4 is 23.2 Å². The molecule has 0 saturated heterocycles. The number of hydrogen-bond acceptors (Lipinski definition) is 5. The molecular formula is C17H19N3O3S. The number of carbonyl (C=O) groups is 2. The first-order valence-corrected chi connectivity index (χ1v) is 8.74. The molecule has 2 aromatic rings. The number of nitrogens with zero attached hydrogens (tertiary/aromatic N) is 2. The van der Waals surface area contributed by atoms with E-state index in [4.69, 9.17) is 5.11 Å². The molecule has 0 saturated carbocycles. The molecule has 0 bridgehead atoms. The zero-order chi connectivity index (χ0) is 16.9. The summed E-state index contributed by atoms with van der Waals surface area (Å²) in [5.74, 6) is -0.711. The Kier molecular flexibility index (Phi) is 5.22. The van der Waals surface area contributed by atoms with Gasteiger partial charge in [0.05, 0.1) is 16.5 Å². The highest BCUT2D eigenvalue weighted by molar-refractivity contribution is 7.12. The lowest BCUT2D eigenvalue weighted by molar-refractivity contribution is -0.123. The van der Waals surface area contributed by atoms with Gasteiger partial charge in [-0.25, -0.2) is 0 Å². The summed E-state index contributed by atoms with van der Waals surface area (Å²) in [4.78, 5) is 31.9. The van der Waals surface area contributed by atoms with Crippen molar-refractivity contribution in [1.29, 1.82) is 0 Å². The lowest BCUT2D eigenvalue weighted by atomic mass is 9.93. The summed E-state index contributed by atoms with van der Waals surface area (Å²) in [5.41, 5.74) is 1.63. The molecule has 0 aromatic carbocycles. The molecule has 2 N–H and O–H groups in total. The lowest BCUT2D eigenvalue weighted by Crippen LogP contribution is -2.44. The van der Waals surface area contributed by atoms with Gasteiger partial charge in [-0.2, -0.15) is 0 Å². The average Bonchev–Trinajstić information content (AvgIpc) is 3.15. The van der Waals surface area contributed by atoms with Crippen LogP contribution in [0.2, 0.25) is 0 Å². The summed E-state index contributed by atoms with van der Waals surface area (Å²) in [5, 5.41) is 13.5. The number of rotatable bonds is 5. The predicted molar refractivity (Wildman–Crippen MR) is 90.8 cm³/mol. The van der Waals surface area contributed by atoms with Crippen LogP contribution in [0.25, 0.3) is 0 Å². The Hall–Kier alpha value is -2.25. The Morgan fingerprint density at radius 1 is 1.38 bits per heavy atom. The van der Waals surface area contributed by atoms with Crippen LogP contribution >= 0.6 is 11.3 Å². The molecule has 0 aliphatic carbocycles. The zero-order valence-electron chi connectivity index (χ0n) is 13.1. The van der Waals surface area contributed by atoms with E-state index in [-0.39, 0.29) is 18.4 Å². The molecule has 1 unspecified atom stereocenters. The molecule has 0 radical (unpaired) electrons. The normalized spacial score (nSPS) is 16.5. The second-order valence-electron chi connectivity index (χ2n) is 5.63. The second kappa shape index (κ2) is 7.55. The summed E-state index contributed by atoms with van der Waals surface area (Å²) in [6.07, 6.45) is 2.18. The van der Waals surface area contributed by atoms with E-state index in [2.05, 4.69) is 10.3 Å². The Labute approximate surface area is 144 Å². The third kappa shape index (κ3) is 3.47. The summed E-state index contributed by atoms with van der Waals surface area (Å²) < 4.78 is 0. The third-order valence-corrected chi connectivity index (χ3v) is 4.85. The number of nitrogens with one attached hydrogen (secondary N) is 1. The summed E-state index contributed by atoms with van der Waals surface area (Å²) >= 11 is 1.40. The highest BCUT2D eigenvalue weighted by atomic mass is 32.1. The minimum Gasteiger partial charge on any atom is -0.396 e. The molecule has 3 rings (SSSR count). The topological polar surface area (TPSA) is 82.5 Å². The maximum Gasteiger partial charge on any atom is 0.264 e. The van der Waals surface area contributed by atoms with E-state index < -0.39 is 5.92 Å². The molecule has 0 spiro atoms. The molecule has 2 amide bonds. The first-order chi connectivity index (χ1) is 11.7. The number of pyridine rings is 1. The van der Waals surface area contributed by atoms with Gasteiger partial charge in [-0.15, -0.1) is 11.3 Å². The van der Waals surface area contributed by atoms with Gasteiger partial charge in [0.1, 0.15) is 0 Å². The molecule has 2 aromatic heterocycles. The van der Waals surface area contributed by atoms with Gasteiger partial charge in [0.2, 0.25) is 5.91 Å². The molecule has 24 heavy (non-hydrogen) atoms. The Morgan fingerprint density at radius 2 is 2.25 bits per heavy atom. The number of aliphatic hydroxyl groups is 1. The Bertz CT molecular complexity index is 718. The highest BCUT2D eigenvalue weighted by Gasteiger charge is 2.34. The molecule has 0 fully saturated rings. The molecule has 126 valence electrons. The van der Waals surface area contributed by atoms with Crippen LogP contribution in [0.3, 0.4) is 0 Å². The van der Waals surface area contributed by atoms with Crippen LogP contribution in [-0.2, 0) is 11.3 Å². The first-order valence-electron chi connectivity index (χ1n) is 7.86. The van der Waals surface area contributed by atoms with Gasteiger partial charge in [0, 0.05) is 32.4 Å². The van der Waals surface area contributed by atoms with Gasteiger partial charge in [-0.05, 0) is 29.5 Å². The van der Waals surface area contributed by atoms with E-state index in [1.54, 1.807) is 17.2 Å². The third-order valence-electron chi connectivity index (χ3n) is 3.99. The minimum absolute atomic E-state index is 0.0305. The van der Waals surface area contributed by atoms with Crippen molar-refractivity contribution < 1.29 is 14.7 Å². The maximum absolute atomic E-state index is 12.7. The van der Waals surface area contributed by atoms with Crippen molar-refractivity contribution in [3.05, 3.63) is 52.0 Å². The van der Waals surface area contributed by atoms with Gasteiger partial charge in [0.25, 0.3) is 5.91 Å². The van der Waals surface area contributed by atoms with Crippen molar-refractivity contribution in [1.82, 2.24) is 15.2 Å². The summed E-state index contributed by atoms with van der Waals surface area (Å²) in [7, 11) is 0. The van der Waals surface area contributed by atoms with Crippen LogP contribution in [0.5, 0.6) is 0 Å². The van der Waals surface area contributed by atoms with E-state index in [9.17, 15) is 9.59 Å². The van der Waals surface area contributed by atoms with Gasteiger partial charge >= 0.3 is 0 Å². The van der Waals surface area contributed by atoms with Crippen molar-refractivity contribution in [2.24, 2.45) is 0 Å². The van der Waals surface area contributed by atoms with Crippen molar-refractivity contribution in [3.63, 3.8) is 0 Å². The fraction of sp³-hybridized carbons (Fsp3) is 0.353. The molecular weight excluding hydrogens is 326 g/mol. The Balaban J connectivity index is 1.82. The van der Waals surface area contributed by atoms with E-state index in [0.717, 1.165) is 11.3 Å². The SMILES string of the molecule is O=C(NCCCO)C1CN(C(=O)c2cccs2)Cc2cccnc21. The van der Waals surface area contributed by atoms with Crippen molar-refractivity contribution in [2.45, 2.75) is 18.9 Å². The van der Waals surface area contributed by atoms with Crippen LogP contribution in [0.15, 0.2) is 35.8 Å². The number of carbonyl (C=O) groups excluding carboxylic acids is 2. The number of thiophene rings is 1. The van der Waals surface area contributed by atoms with Crippen LogP contribution in [-0.4, -0.2) is 46.5 Å². The van der Waals surface area contributed by atoms with Gasteiger partial charge < -0.3 is 15.3 Å². The standard InChI is InChI=1S/C17H19N3O3S/c21-8-3-7-19-16(22)13-11-20(17(23)14-5-2-9-24-14)10-12-4-1-6-18-15(12)13/h1-2,4-6,9,13,21H,3,7-8,10-11H2,(H,19,22). The molecule has 7 heteroatoms. The molecule has 6 nitrogen and oxygen atoms in total. The van der Waals surface area contributed by atoms with Crippen LogP contribution in [0, 0.1) is 0 Å². The minimum atomic E-state index is -0.488. The van der Waals surface area contributed by atoms with Crippen molar-refractivity contribution in [2.75, 3.05) is 19.7 Å². The van der Waals surface area contributed by atoms with E-state index in [0.29, 0.717) is 30.9 Å². The van der Waals surface area contributed by atoms with Gasteiger partial charge in [0.15, 0.2) is 0 Å². The molecule has 1 aliphatic heterocycles. The fourth-order valence-electron chi connectivity index (χ4n) is 2.81. The zero-order valence-corrected chi connectivity index (χ0v) is 14.0. The van der Waals surface area contributed by atoms with Crippen LogP contribution < -0.4 is 5.32 Å². The van der Waals surface area contributed by atoms with Gasteiger partial charge in [-0.3, -0.25) is 14.6 Å². The largest absolute Gasteiger partial charge is 0.396 e. The first kappa shape index (κ1) is 16.6. The number of hydrogen-bond donors (Lipinski definition) is 2. The second-order valence-corrected chi connectivity index (χ2v) is 6.58. The number of amides is 2. The number of fused-ring (bicyclic) bond motifs is 1. The number of aromatic nitrogens is 1. The van der Waals surface area contributed by atoms with Crippen molar-refractivity contribution in [3.8, 4) is 0 Å². The van der Waals surface area contributed by atoms with E-state index in [1.807, 2.05) is 23.6 Å².